The van der Waals surface area contributed by atoms with Crippen molar-refractivity contribution in [3.05, 3.63) is 58.7 Å². The highest BCUT2D eigenvalue weighted by Crippen LogP contribution is 2.28. The maximum atomic E-state index is 12.3. The zero-order valence-corrected chi connectivity index (χ0v) is 17.7. The van der Waals surface area contributed by atoms with Crippen LogP contribution < -0.4 is 4.74 Å². The van der Waals surface area contributed by atoms with Gasteiger partial charge in [0.15, 0.2) is 0 Å². The van der Waals surface area contributed by atoms with Gasteiger partial charge in [-0.25, -0.2) is 17.5 Å². The molecule has 1 N–H and O–H groups in total. The number of rotatable bonds is 7. The minimum Gasteiger partial charge on any atom is -0.490 e. The van der Waals surface area contributed by atoms with Crippen LogP contribution in [0.4, 0.5) is 0 Å². The van der Waals surface area contributed by atoms with E-state index in [1.807, 2.05) is 24.3 Å². The van der Waals surface area contributed by atoms with Gasteiger partial charge in [0.2, 0.25) is 10.0 Å². The number of sulfonamides is 1. The first-order valence-electron chi connectivity index (χ1n) is 8.39. The number of ether oxygens (including phenoxy) is 2. The minimum atomic E-state index is -3.48. The Kier molecular flexibility index (Phi) is 6.07. The minimum absolute atomic E-state index is 0.0540. The molecule has 9 heteroatoms. The third kappa shape index (κ3) is 4.21. The Morgan fingerprint density at radius 3 is 2.39 bits per heavy atom. The zero-order valence-electron chi connectivity index (χ0n) is 15.3. The van der Waals surface area contributed by atoms with E-state index in [4.69, 9.17) is 9.47 Å². The van der Waals surface area contributed by atoms with Crippen molar-refractivity contribution in [2.45, 2.75) is 4.90 Å². The number of halogens is 1. The zero-order chi connectivity index (χ0) is 20.3. The molecule has 0 fully saturated rings. The van der Waals surface area contributed by atoms with Gasteiger partial charge in [0.1, 0.15) is 24.7 Å². The fourth-order valence-corrected chi connectivity index (χ4v) is 4.04. The van der Waals surface area contributed by atoms with Gasteiger partial charge in [0.25, 0.3) is 0 Å². The molecule has 3 rings (SSSR count). The predicted molar refractivity (Wildman–Crippen MR) is 109 cm³/mol. The Bertz CT molecular complexity index is 1090. The Hall–Kier alpha value is -2.36. The van der Waals surface area contributed by atoms with Crippen molar-refractivity contribution >= 4 is 42.8 Å². The molecule has 0 saturated heterocycles. The number of aromatic nitrogens is 1. The summed E-state index contributed by atoms with van der Waals surface area (Å²) in [5, 5.41) is 0.901. The molecule has 7 nitrogen and oxygen atoms in total. The normalized spacial score (nSPS) is 11.7. The highest BCUT2D eigenvalue weighted by Gasteiger charge is 2.18. The van der Waals surface area contributed by atoms with E-state index < -0.39 is 16.0 Å². The summed E-state index contributed by atoms with van der Waals surface area (Å²) in [6.07, 6.45) is 0. The van der Waals surface area contributed by atoms with Gasteiger partial charge < -0.3 is 14.5 Å². The lowest BCUT2D eigenvalue weighted by molar-refractivity contribution is 0.0443. The molecule has 0 aliphatic rings. The number of esters is 1. The summed E-state index contributed by atoms with van der Waals surface area (Å²) in [7, 11) is -0.532. The number of aromatic amines is 1. The largest absolute Gasteiger partial charge is 0.490 e. The fourth-order valence-electron chi connectivity index (χ4n) is 2.53. The molecule has 0 aliphatic heterocycles. The van der Waals surface area contributed by atoms with Crippen molar-refractivity contribution in [3.63, 3.8) is 0 Å². The average Bonchev–Trinajstić information content (AvgIpc) is 3.02. The van der Waals surface area contributed by atoms with Gasteiger partial charge in [-0.3, -0.25) is 0 Å². The molecule has 1 aromatic heterocycles. The third-order valence-corrected chi connectivity index (χ3v) is 6.69. The van der Waals surface area contributed by atoms with Crippen molar-refractivity contribution in [2.24, 2.45) is 0 Å². The van der Waals surface area contributed by atoms with Gasteiger partial charge >= 0.3 is 5.97 Å². The van der Waals surface area contributed by atoms with Crippen LogP contribution in [0.5, 0.6) is 5.75 Å². The Labute approximate surface area is 171 Å². The van der Waals surface area contributed by atoms with Gasteiger partial charge in [-0.15, -0.1) is 0 Å². The van der Waals surface area contributed by atoms with E-state index in [2.05, 4.69) is 20.9 Å². The second kappa shape index (κ2) is 8.34. The Morgan fingerprint density at radius 2 is 1.75 bits per heavy atom. The highest BCUT2D eigenvalue weighted by atomic mass is 79.9. The number of carbonyl (C=O) groups excluding carboxylic acids is 1. The number of H-pyrrole nitrogens is 1. The molecular weight excluding hydrogens is 448 g/mol. The van der Waals surface area contributed by atoms with Crippen molar-refractivity contribution in [3.8, 4) is 5.75 Å². The fraction of sp³-hybridized carbons (Fsp3) is 0.211. The van der Waals surface area contributed by atoms with E-state index in [1.165, 1.54) is 26.2 Å². The molecule has 0 atom stereocenters. The van der Waals surface area contributed by atoms with Crippen LogP contribution in [0.3, 0.4) is 0 Å². The first-order chi connectivity index (χ1) is 13.3. The molecule has 0 spiro atoms. The Balaban J connectivity index is 1.54. The van der Waals surface area contributed by atoms with Crippen LogP contribution in [0.15, 0.2) is 57.9 Å². The van der Waals surface area contributed by atoms with Crippen molar-refractivity contribution in [1.82, 2.24) is 9.29 Å². The molecule has 0 unspecified atom stereocenters. The summed E-state index contributed by atoms with van der Waals surface area (Å²) in [6.45, 7) is 0.196. The van der Waals surface area contributed by atoms with Crippen molar-refractivity contribution in [1.29, 1.82) is 0 Å². The summed E-state index contributed by atoms with van der Waals surface area (Å²) >= 11 is 3.42. The van der Waals surface area contributed by atoms with Crippen LogP contribution in [0.1, 0.15) is 10.5 Å². The van der Waals surface area contributed by atoms with E-state index in [-0.39, 0.29) is 18.1 Å². The van der Waals surface area contributed by atoms with Gasteiger partial charge in [-0.05, 0) is 46.3 Å². The molecule has 0 amide bonds. The topological polar surface area (TPSA) is 88.7 Å². The summed E-state index contributed by atoms with van der Waals surface area (Å²) < 4.78 is 36.6. The smallest absolute Gasteiger partial charge is 0.356 e. The summed E-state index contributed by atoms with van der Waals surface area (Å²) in [4.78, 5) is 15.5. The first kappa shape index (κ1) is 20.4. The molecular formula is C19H19BrN2O5S. The molecule has 1 heterocycles. The number of hydrogen-bond acceptors (Lipinski definition) is 5. The van der Waals surface area contributed by atoms with E-state index in [0.29, 0.717) is 15.9 Å². The van der Waals surface area contributed by atoms with Gasteiger partial charge in [0.05, 0.1) is 9.37 Å². The van der Waals surface area contributed by atoms with Crippen LogP contribution in [0.25, 0.3) is 10.9 Å². The van der Waals surface area contributed by atoms with Crippen molar-refractivity contribution in [2.75, 3.05) is 27.3 Å². The molecule has 0 radical (unpaired) electrons. The van der Waals surface area contributed by atoms with E-state index in [1.54, 1.807) is 12.1 Å². The number of carbonyl (C=O) groups is 1. The number of hydrogen-bond donors (Lipinski definition) is 1. The lowest BCUT2D eigenvalue weighted by atomic mass is 10.2. The van der Waals surface area contributed by atoms with Gasteiger partial charge in [-0.1, -0.05) is 18.2 Å². The van der Waals surface area contributed by atoms with E-state index in [0.717, 1.165) is 15.2 Å². The van der Waals surface area contributed by atoms with Crippen LogP contribution in [0, 0.1) is 0 Å². The maximum absolute atomic E-state index is 12.3. The number of nitrogens with one attached hydrogen (secondary N) is 1. The molecule has 0 saturated carbocycles. The lowest BCUT2D eigenvalue weighted by Gasteiger charge is -2.12. The van der Waals surface area contributed by atoms with Crippen LogP contribution >= 0.6 is 15.9 Å². The average molecular weight is 467 g/mol. The molecule has 28 heavy (non-hydrogen) atoms. The SMILES string of the molecule is CN(C)S(=O)(=O)c1ccc(OCCOC(=O)c2[nH]c3ccccc3c2Br)cc1. The Morgan fingerprint density at radius 1 is 1.07 bits per heavy atom. The molecule has 0 bridgehead atoms. The number of benzene rings is 2. The number of para-hydroxylation sites is 1. The molecule has 148 valence electrons. The molecule has 3 aromatic rings. The quantitative estimate of drug-likeness (QED) is 0.425. The van der Waals surface area contributed by atoms with Gasteiger partial charge in [0, 0.05) is 25.0 Å². The monoisotopic (exact) mass is 466 g/mol. The second-order valence-corrected chi connectivity index (χ2v) is 9.05. The van der Waals surface area contributed by atoms with Gasteiger partial charge in [-0.2, -0.15) is 0 Å². The highest BCUT2D eigenvalue weighted by molar-refractivity contribution is 9.10. The summed E-state index contributed by atoms with van der Waals surface area (Å²) in [5.74, 6) is -0.000327. The summed E-state index contributed by atoms with van der Waals surface area (Å²) in [5.41, 5.74) is 1.18. The van der Waals surface area contributed by atoms with E-state index >= 15 is 0 Å². The van der Waals surface area contributed by atoms with Crippen LogP contribution in [-0.2, 0) is 14.8 Å². The van der Waals surface area contributed by atoms with Crippen LogP contribution in [-0.4, -0.2) is 51.0 Å². The van der Waals surface area contributed by atoms with Crippen molar-refractivity contribution < 1.29 is 22.7 Å². The second-order valence-electron chi connectivity index (χ2n) is 6.10. The molecule has 2 aromatic carbocycles. The summed E-state index contributed by atoms with van der Waals surface area (Å²) in [6, 6.07) is 13.6. The lowest BCUT2D eigenvalue weighted by Crippen LogP contribution is -2.22. The third-order valence-electron chi connectivity index (χ3n) is 4.03. The maximum Gasteiger partial charge on any atom is 0.356 e. The number of nitrogens with zero attached hydrogens (tertiary/aromatic N) is 1. The first-order valence-corrected chi connectivity index (χ1v) is 10.6. The predicted octanol–water partition coefficient (Wildman–Crippen LogP) is 3.42. The number of fused-ring (bicyclic) bond motifs is 1. The molecule has 0 aliphatic carbocycles. The van der Waals surface area contributed by atoms with Crippen LogP contribution in [0.2, 0.25) is 0 Å². The standard InChI is InChI=1S/C19H19BrN2O5S/c1-22(2)28(24,25)14-9-7-13(8-10-14)26-11-12-27-19(23)18-17(20)15-5-3-4-6-16(15)21-18/h3-10,21H,11-12H2,1-2H3. The van der Waals surface area contributed by atoms with E-state index in [9.17, 15) is 13.2 Å².